The highest BCUT2D eigenvalue weighted by atomic mass is 35.5. The third-order valence-electron chi connectivity index (χ3n) is 2.78. The Morgan fingerprint density at radius 1 is 1.16 bits per heavy atom. The molecule has 0 saturated heterocycles. The average molecular weight is 274 g/mol. The van der Waals surface area contributed by atoms with Gasteiger partial charge in [-0.2, -0.15) is 0 Å². The van der Waals surface area contributed by atoms with Crippen molar-refractivity contribution in [2.75, 3.05) is 0 Å². The largest absolute Gasteiger partial charge is 0.478 e. The lowest BCUT2D eigenvalue weighted by atomic mass is 10.2. The van der Waals surface area contributed by atoms with E-state index in [4.69, 9.17) is 16.7 Å². The van der Waals surface area contributed by atoms with E-state index in [1.54, 1.807) is 22.7 Å². The summed E-state index contributed by atoms with van der Waals surface area (Å²) in [6, 6.07) is 10.3. The lowest BCUT2D eigenvalue weighted by Gasteiger charge is -2.03. The number of pyridine rings is 1. The standard InChI is InChI=1S/C13H8ClN3O2/c14-10-6-2-1-4-8(10)11-15-16-12-9(13(18)19)5-3-7-17(11)12/h1-7H,(H,18,19). The van der Waals surface area contributed by atoms with Crippen molar-refractivity contribution in [2.45, 2.75) is 0 Å². The van der Waals surface area contributed by atoms with Gasteiger partial charge in [-0.25, -0.2) is 4.79 Å². The number of halogens is 1. The second kappa shape index (κ2) is 4.37. The number of carboxylic acid groups (broad SMARTS) is 1. The summed E-state index contributed by atoms with van der Waals surface area (Å²) in [6.07, 6.45) is 1.71. The summed E-state index contributed by atoms with van der Waals surface area (Å²) in [5, 5.41) is 17.6. The van der Waals surface area contributed by atoms with Gasteiger partial charge in [-0.1, -0.05) is 23.7 Å². The number of benzene rings is 1. The molecule has 0 aliphatic carbocycles. The zero-order chi connectivity index (χ0) is 13.4. The van der Waals surface area contributed by atoms with Crippen molar-refractivity contribution in [1.82, 2.24) is 14.6 Å². The molecule has 0 aliphatic heterocycles. The summed E-state index contributed by atoms with van der Waals surface area (Å²) in [4.78, 5) is 11.1. The second-order valence-electron chi connectivity index (χ2n) is 3.92. The van der Waals surface area contributed by atoms with Gasteiger partial charge in [0.2, 0.25) is 0 Å². The first-order valence-corrected chi connectivity index (χ1v) is 5.88. The number of aromatic nitrogens is 3. The number of carboxylic acids is 1. The molecule has 2 aromatic heterocycles. The Bertz CT molecular complexity index is 782. The van der Waals surface area contributed by atoms with Gasteiger partial charge in [-0.15, -0.1) is 10.2 Å². The van der Waals surface area contributed by atoms with E-state index in [1.807, 2.05) is 18.2 Å². The molecule has 1 aromatic carbocycles. The van der Waals surface area contributed by atoms with Crippen molar-refractivity contribution >= 4 is 23.2 Å². The Hall–Kier alpha value is -2.40. The average Bonchev–Trinajstić information content (AvgIpc) is 2.82. The van der Waals surface area contributed by atoms with Gasteiger partial charge in [0.15, 0.2) is 11.5 Å². The lowest BCUT2D eigenvalue weighted by molar-refractivity contribution is 0.0698. The quantitative estimate of drug-likeness (QED) is 0.779. The normalized spacial score (nSPS) is 10.8. The fraction of sp³-hybridized carbons (Fsp3) is 0. The number of hydrogen-bond acceptors (Lipinski definition) is 3. The summed E-state index contributed by atoms with van der Waals surface area (Å²) in [7, 11) is 0. The Labute approximate surface area is 113 Å². The van der Waals surface area contributed by atoms with Crippen LogP contribution in [0.4, 0.5) is 0 Å². The van der Waals surface area contributed by atoms with Crippen molar-refractivity contribution in [1.29, 1.82) is 0 Å². The van der Waals surface area contributed by atoms with E-state index in [1.165, 1.54) is 6.07 Å². The predicted molar refractivity (Wildman–Crippen MR) is 70.4 cm³/mol. The number of nitrogens with zero attached hydrogens (tertiary/aromatic N) is 3. The molecule has 0 aliphatic rings. The van der Waals surface area contributed by atoms with E-state index < -0.39 is 5.97 Å². The maximum atomic E-state index is 11.1. The molecule has 0 spiro atoms. The van der Waals surface area contributed by atoms with Gasteiger partial charge in [-0.3, -0.25) is 4.40 Å². The lowest BCUT2D eigenvalue weighted by Crippen LogP contribution is -2.00. The van der Waals surface area contributed by atoms with Crippen LogP contribution < -0.4 is 0 Å². The monoisotopic (exact) mass is 273 g/mol. The molecule has 94 valence electrons. The third kappa shape index (κ3) is 1.84. The summed E-state index contributed by atoms with van der Waals surface area (Å²) in [5.41, 5.74) is 1.11. The molecule has 0 bridgehead atoms. The number of rotatable bonds is 2. The minimum absolute atomic E-state index is 0.105. The number of fused-ring (bicyclic) bond motifs is 1. The number of hydrogen-bond donors (Lipinski definition) is 1. The number of carbonyl (C=O) groups is 1. The Morgan fingerprint density at radius 3 is 2.68 bits per heavy atom. The van der Waals surface area contributed by atoms with Crippen LogP contribution in [0.3, 0.4) is 0 Å². The molecule has 2 heterocycles. The van der Waals surface area contributed by atoms with Crippen LogP contribution >= 0.6 is 11.6 Å². The smallest absolute Gasteiger partial charge is 0.339 e. The Morgan fingerprint density at radius 2 is 1.95 bits per heavy atom. The molecule has 0 radical (unpaired) electrons. The van der Waals surface area contributed by atoms with Crippen LogP contribution in [0.1, 0.15) is 10.4 Å². The molecule has 5 nitrogen and oxygen atoms in total. The van der Waals surface area contributed by atoms with Gasteiger partial charge < -0.3 is 5.11 Å². The predicted octanol–water partition coefficient (Wildman–Crippen LogP) is 2.75. The highest BCUT2D eigenvalue weighted by molar-refractivity contribution is 6.33. The number of aromatic carboxylic acids is 1. The van der Waals surface area contributed by atoms with Gasteiger partial charge in [0.05, 0.1) is 5.02 Å². The SMILES string of the molecule is O=C(O)c1cccn2c(-c3ccccc3Cl)nnc12. The fourth-order valence-corrected chi connectivity index (χ4v) is 2.13. The summed E-state index contributed by atoms with van der Waals surface area (Å²) in [6.45, 7) is 0. The van der Waals surface area contributed by atoms with Crippen molar-refractivity contribution in [2.24, 2.45) is 0 Å². The highest BCUT2D eigenvalue weighted by Crippen LogP contribution is 2.26. The zero-order valence-corrected chi connectivity index (χ0v) is 10.4. The minimum atomic E-state index is -1.04. The minimum Gasteiger partial charge on any atom is -0.478 e. The molecule has 0 unspecified atom stereocenters. The first-order valence-electron chi connectivity index (χ1n) is 5.50. The first kappa shape index (κ1) is 11.7. The summed E-state index contributed by atoms with van der Waals surface area (Å²) < 4.78 is 1.62. The van der Waals surface area contributed by atoms with Crippen LogP contribution in [-0.2, 0) is 0 Å². The van der Waals surface area contributed by atoms with Crippen LogP contribution in [0.2, 0.25) is 5.02 Å². The van der Waals surface area contributed by atoms with E-state index in [-0.39, 0.29) is 5.56 Å². The van der Waals surface area contributed by atoms with E-state index >= 15 is 0 Å². The molecular formula is C13H8ClN3O2. The van der Waals surface area contributed by atoms with Crippen LogP contribution in [0, 0.1) is 0 Å². The van der Waals surface area contributed by atoms with Gasteiger partial charge in [0.25, 0.3) is 0 Å². The molecule has 3 aromatic rings. The van der Waals surface area contributed by atoms with Crippen molar-refractivity contribution in [3.8, 4) is 11.4 Å². The van der Waals surface area contributed by atoms with Crippen LogP contribution in [0.15, 0.2) is 42.6 Å². The van der Waals surface area contributed by atoms with Gasteiger partial charge >= 0.3 is 5.97 Å². The maximum absolute atomic E-state index is 11.1. The Kier molecular flexibility index (Phi) is 2.68. The van der Waals surface area contributed by atoms with E-state index in [2.05, 4.69) is 10.2 Å². The van der Waals surface area contributed by atoms with E-state index in [9.17, 15) is 4.79 Å². The van der Waals surface area contributed by atoms with Crippen molar-refractivity contribution < 1.29 is 9.90 Å². The van der Waals surface area contributed by atoms with Gasteiger partial charge in [0.1, 0.15) is 5.56 Å². The van der Waals surface area contributed by atoms with Crippen LogP contribution in [0.25, 0.3) is 17.0 Å². The molecule has 0 fully saturated rings. The van der Waals surface area contributed by atoms with Crippen LogP contribution in [0.5, 0.6) is 0 Å². The molecule has 19 heavy (non-hydrogen) atoms. The zero-order valence-electron chi connectivity index (χ0n) is 9.62. The molecule has 6 heteroatoms. The summed E-state index contributed by atoms with van der Waals surface area (Å²) in [5.74, 6) is -0.521. The van der Waals surface area contributed by atoms with Gasteiger partial charge in [-0.05, 0) is 24.3 Å². The second-order valence-corrected chi connectivity index (χ2v) is 4.33. The van der Waals surface area contributed by atoms with Crippen LogP contribution in [-0.4, -0.2) is 25.7 Å². The van der Waals surface area contributed by atoms with E-state index in [0.717, 1.165) is 0 Å². The molecule has 0 saturated carbocycles. The molecular weight excluding hydrogens is 266 g/mol. The van der Waals surface area contributed by atoms with Gasteiger partial charge in [0, 0.05) is 11.8 Å². The summed E-state index contributed by atoms with van der Waals surface area (Å²) >= 11 is 6.12. The first-order chi connectivity index (χ1) is 9.18. The molecule has 0 atom stereocenters. The van der Waals surface area contributed by atoms with Crippen molar-refractivity contribution in [3.63, 3.8) is 0 Å². The molecule has 3 rings (SSSR count). The molecule has 1 N–H and O–H groups in total. The Balaban J connectivity index is 2.31. The highest BCUT2D eigenvalue weighted by Gasteiger charge is 2.15. The van der Waals surface area contributed by atoms with Crippen molar-refractivity contribution in [3.05, 3.63) is 53.2 Å². The topological polar surface area (TPSA) is 67.5 Å². The maximum Gasteiger partial charge on any atom is 0.339 e. The third-order valence-corrected chi connectivity index (χ3v) is 3.11. The molecule has 0 amide bonds. The van der Waals surface area contributed by atoms with E-state index in [0.29, 0.717) is 22.1 Å². The fourth-order valence-electron chi connectivity index (χ4n) is 1.91.